The number of aryl methyl sites for hydroxylation is 1. The Labute approximate surface area is 181 Å². The molecule has 162 valence electrons. The number of hydrogen-bond acceptors (Lipinski definition) is 8. The fourth-order valence-electron chi connectivity index (χ4n) is 3.90. The van der Waals surface area contributed by atoms with Gasteiger partial charge in [0.05, 0.1) is 39.0 Å². The Morgan fingerprint density at radius 1 is 1.19 bits per heavy atom. The van der Waals surface area contributed by atoms with Gasteiger partial charge in [0.15, 0.2) is 17.0 Å². The van der Waals surface area contributed by atoms with Crippen LogP contribution in [0.3, 0.4) is 0 Å². The summed E-state index contributed by atoms with van der Waals surface area (Å²) in [5, 5.41) is 4.42. The first-order valence-corrected chi connectivity index (χ1v) is 10.6. The van der Waals surface area contributed by atoms with Gasteiger partial charge in [-0.25, -0.2) is 4.98 Å². The molecule has 0 saturated carbocycles. The summed E-state index contributed by atoms with van der Waals surface area (Å²) in [6, 6.07) is 8.18. The van der Waals surface area contributed by atoms with E-state index in [1.54, 1.807) is 6.21 Å². The fraction of sp³-hybridized carbons (Fsp3) is 0.455. The zero-order valence-corrected chi connectivity index (χ0v) is 17.9. The Balaban J connectivity index is 1.48. The third-order valence-electron chi connectivity index (χ3n) is 5.63. The molecule has 9 nitrogen and oxygen atoms in total. The molecule has 0 unspecified atom stereocenters. The molecule has 0 atom stereocenters. The Hall–Kier alpha value is -3.04. The minimum atomic E-state index is 0.106. The van der Waals surface area contributed by atoms with Crippen LogP contribution in [-0.2, 0) is 16.0 Å². The Morgan fingerprint density at radius 2 is 2.03 bits per heavy atom. The van der Waals surface area contributed by atoms with E-state index >= 15 is 0 Å². The van der Waals surface area contributed by atoms with Crippen LogP contribution in [0.4, 0.5) is 11.8 Å². The maximum atomic E-state index is 5.49. The summed E-state index contributed by atoms with van der Waals surface area (Å²) in [7, 11) is 0. The highest BCUT2D eigenvalue weighted by Gasteiger charge is 2.34. The minimum Gasteiger partial charge on any atom is -0.380 e. The number of hydrazone groups is 1. The van der Waals surface area contributed by atoms with Crippen molar-refractivity contribution >= 4 is 29.1 Å². The zero-order chi connectivity index (χ0) is 21.3. The first-order chi connectivity index (χ1) is 15.1. The van der Waals surface area contributed by atoms with E-state index in [9.17, 15) is 0 Å². The molecule has 2 saturated heterocycles. The number of benzene rings is 1. The van der Waals surface area contributed by atoms with Gasteiger partial charge < -0.3 is 18.9 Å². The second-order valence-electron chi connectivity index (χ2n) is 8.60. The number of nitrogens with zero attached hydrogens (tertiary/aromatic N) is 6. The second kappa shape index (κ2) is 8.24. The van der Waals surface area contributed by atoms with E-state index in [1.807, 2.05) is 18.5 Å². The van der Waals surface area contributed by atoms with Crippen molar-refractivity contribution in [1.82, 2.24) is 19.5 Å². The monoisotopic (exact) mass is 421 g/mol. The van der Waals surface area contributed by atoms with Gasteiger partial charge in [-0.05, 0) is 12.5 Å². The third-order valence-corrected chi connectivity index (χ3v) is 5.63. The van der Waals surface area contributed by atoms with Crippen molar-refractivity contribution in [3.05, 3.63) is 41.7 Å². The fourth-order valence-corrected chi connectivity index (χ4v) is 3.90. The van der Waals surface area contributed by atoms with E-state index in [2.05, 4.69) is 51.0 Å². The summed E-state index contributed by atoms with van der Waals surface area (Å²) in [6.07, 6.45) is 3.63. The van der Waals surface area contributed by atoms with Crippen LogP contribution in [0.5, 0.6) is 0 Å². The number of anilines is 2. The van der Waals surface area contributed by atoms with Crippen molar-refractivity contribution in [3.63, 3.8) is 0 Å². The van der Waals surface area contributed by atoms with Crippen LogP contribution >= 0.6 is 0 Å². The van der Waals surface area contributed by atoms with Crippen LogP contribution in [0.15, 0.2) is 35.7 Å². The van der Waals surface area contributed by atoms with Gasteiger partial charge in [-0.2, -0.15) is 15.1 Å². The normalized spacial score (nSPS) is 18.5. The molecule has 0 bridgehead atoms. The topological polar surface area (TPSA) is 89.7 Å². The molecule has 2 aliphatic heterocycles. The molecule has 2 fully saturated rings. The number of nitrogens with one attached hydrogen (secondary N) is 1. The molecule has 2 aromatic heterocycles. The van der Waals surface area contributed by atoms with Crippen molar-refractivity contribution in [2.75, 3.05) is 49.8 Å². The molecule has 9 heteroatoms. The molecule has 5 rings (SSSR count). The molecule has 1 aromatic carbocycles. The number of fused-ring (bicyclic) bond motifs is 1. The van der Waals surface area contributed by atoms with Crippen molar-refractivity contribution in [3.8, 4) is 0 Å². The van der Waals surface area contributed by atoms with E-state index in [0.717, 1.165) is 44.1 Å². The highest BCUT2D eigenvalue weighted by molar-refractivity contribution is 5.86. The van der Waals surface area contributed by atoms with Crippen LogP contribution in [0.1, 0.15) is 18.1 Å². The molecule has 1 N–H and O–H groups in total. The number of hydrogen-bond donors (Lipinski definition) is 1. The molecule has 0 radical (unpaired) electrons. The smallest absolute Gasteiger partial charge is 0.229 e. The molecule has 2 aliphatic rings. The maximum Gasteiger partial charge on any atom is 0.229 e. The zero-order valence-electron chi connectivity index (χ0n) is 17.9. The largest absolute Gasteiger partial charge is 0.380 e. The summed E-state index contributed by atoms with van der Waals surface area (Å²) >= 11 is 0. The highest BCUT2D eigenvalue weighted by atomic mass is 16.5. The average molecular weight is 422 g/mol. The van der Waals surface area contributed by atoms with Crippen LogP contribution in [0.25, 0.3) is 11.2 Å². The van der Waals surface area contributed by atoms with Crippen molar-refractivity contribution in [1.29, 1.82) is 0 Å². The third kappa shape index (κ3) is 4.24. The summed E-state index contributed by atoms with van der Waals surface area (Å²) in [5.41, 5.74) is 6.93. The predicted molar refractivity (Wildman–Crippen MR) is 120 cm³/mol. The van der Waals surface area contributed by atoms with Gasteiger partial charge in [0.2, 0.25) is 5.95 Å². The Kier molecular flexibility index (Phi) is 5.29. The number of imidazole rings is 1. The van der Waals surface area contributed by atoms with Gasteiger partial charge in [0, 0.05) is 25.0 Å². The first-order valence-electron chi connectivity index (χ1n) is 10.6. The quantitative estimate of drug-likeness (QED) is 0.483. The van der Waals surface area contributed by atoms with E-state index < -0.39 is 0 Å². The molecule has 31 heavy (non-hydrogen) atoms. The predicted octanol–water partition coefficient (Wildman–Crippen LogP) is 2.45. The first kappa shape index (κ1) is 19.9. The van der Waals surface area contributed by atoms with E-state index in [0.29, 0.717) is 30.5 Å². The highest BCUT2D eigenvalue weighted by Crippen LogP contribution is 2.31. The van der Waals surface area contributed by atoms with Crippen LogP contribution in [-0.4, -0.2) is 65.3 Å². The second-order valence-corrected chi connectivity index (χ2v) is 8.60. The summed E-state index contributed by atoms with van der Waals surface area (Å²) in [4.78, 5) is 16.4. The molecule has 0 amide bonds. The molecule has 3 aromatic rings. The molecular formula is C22H27N7O2. The maximum absolute atomic E-state index is 5.49. The van der Waals surface area contributed by atoms with Crippen LogP contribution in [0.2, 0.25) is 0 Å². The van der Waals surface area contributed by atoms with E-state index in [-0.39, 0.29) is 5.41 Å². The minimum absolute atomic E-state index is 0.106. The SMILES string of the molecule is Cc1cccc(C=NNc2nc(N3CCOCC3)nc3c2ncn3CC2(C)COC2)c1. The lowest BCUT2D eigenvalue weighted by Gasteiger charge is -2.38. The number of rotatable bonds is 6. The van der Waals surface area contributed by atoms with Gasteiger partial charge in [0.1, 0.15) is 0 Å². The van der Waals surface area contributed by atoms with Gasteiger partial charge in [-0.3, -0.25) is 5.43 Å². The number of ether oxygens (including phenoxy) is 2. The summed E-state index contributed by atoms with van der Waals surface area (Å²) in [5.74, 6) is 1.27. The van der Waals surface area contributed by atoms with Crippen molar-refractivity contribution in [2.24, 2.45) is 10.5 Å². The summed E-state index contributed by atoms with van der Waals surface area (Å²) in [6.45, 7) is 9.45. The molecule has 4 heterocycles. The standard InChI is InChI=1S/C22H27N7O2/c1-16-4-3-5-17(10-16)11-24-27-19-18-20(26-21(25-19)28-6-8-30-9-7-28)29(15-23-18)12-22(2)13-31-14-22/h3-5,10-11,15H,6-9,12-14H2,1-2H3,(H,25,26,27). The molecule has 0 spiro atoms. The molecule has 0 aliphatic carbocycles. The van der Waals surface area contributed by atoms with Crippen LogP contribution < -0.4 is 10.3 Å². The van der Waals surface area contributed by atoms with Crippen LogP contribution in [0, 0.1) is 12.3 Å². The number of aromatic nitrogens is 4. The Bertz CT molecular complexity index is 1100. The lowest BCUT2D eigenvalue weighted by molar-refractivity contribution is -0.109. The van der Waals surface area contributed by atoms with E-state index in [4.69, 9.17) is 19.4 Å². The van der Waals surface area contributed by atoms with Gasteiger partial charge in [-0.1, -0.05) is 36.8 Å². The van der Waals surface area contributed by atoms with Crippen molar-refractivity contribution < 1.29 is 9.47 Å². The Morgan fingerprint density at radius 3 is 2.77 bits per heavy atom. The van der Waals surface area contributed by atoms with Gasteiger partial charge in [-0.15, -0.1) is 0 Å². The lowest BCUT2D eigenvalue weighted by Crippen LogP contribution is -2.43. The van der Waals surface area contributed by atoms with Gasteiger partial charge in [0.25, 0.3) is 0 Å². The molecular weight excluding hydrogens is 394 g/mol. The summed E-state index contributed by atoms with van der Waals surface area (Å²) < 4.78 is 13.0. The average Bonchev–Trinajstić information content (AvgIpc) is 3.16. The number of morpholine rings is 1. The van der Waals surface area contributed by atoms with Crippen molar-refractivity contribution in [2.45, 2.75) is 20.4 Å². The van der Waals surface area contributed by atoms with Gasteiger partial charge >= 0.3 is 0 Å². The van der Waals surface area contributed by atoms with E-state index in [1.165, 1.54) is 5.56 Å². The lowest BCUT2D eigenvalue weighted by atomic mass is 9.89.